The first-order valence-corrected chi connectivity index (χ1v) is 5.89. The van der Waals surface area contributed by atoms with Gasteiger partial charge in [-0.1, -0.05) is 30.0 Å². The minimum atomic E-state index is 0. The maximum Gasteiger partial charge on any atom is 0.226 e. The first-order valence-electron chi connectivity index (χ1n) is 5.89. The third-order valence-electron chi connectivity index (χ3n) is 2.79. The number of fused-ring (bicyclic) bond motifs is 1. The van der Waals surface area contributed by atoms with Crippen molar-refractivity contribution in [3.05, 3.63) is 84.2 Å². The Bertz CT molecular complexity index is 734. The van der Waals surface area contributed by atoms with Crippen LogP contribution < -0.4 is 21.4 Å². The second kappa shape index (κ2) is 6.17. The maximum absolute atomic E-state index is 3.23. The van der Waals surface area contributed by atoms with E-state index in [1.807, 2.05) is 67.0 Å². The molecule has 2 aromatic heterocycles. The van der Waals surface area contributed by atoms with Gasteiger partial charge >= 0.3 is 0 Å². The van der Waals surface area contributed by atoms with Crippen molar-refractivity contribution in [1.82, 2.24) is 0 Å². The molecular formula is C17H12BrN. The van der Waals surface area contributed by atoms with Crippen molar-refractivity contribution in [2.24, 2.45) is 0 Å². The van der Waals surface area contributed by atoms with Gasteiger partial charge in [0.1, 0.15) is 0 Å². The molecule has 19 heavy (non-hydrogen) atoms. The molecule has 3 rings (SSSR count). The Kier molecular flexibility index (Phi) is 4.33. The Morgan fingerprint density at radius 3 is 2.26 bits per heavy atom. The Balaban J connectivity index is 0.00000133. The molecule has 2 heterocycles. The fraction of sp³-hybridized carbons (Fsp3) is 0. The van der Waals surface area contributed by atoms with E-state index >= 15 is 0 Å². The van der Waals surface area contributed by atoms with Crippen molar-refractivity contribution >= 4 is 5.52 Å². The van der Waals surface area contributed by atoms with Crippen molar-refractivity contribution in [1.29, 1.82) is 0 Å². The Morgan fingerprint density at radius 1 is 0.684 bits per heavy atom. The van der Waals surface area contributed by atoms with E-state index in [1.54, 1.807) is 0 Å². The monoisotopic (exact) mass is 309 g/mol. The zero-order chi connectivity index (χ0) is 12.2. The Hall–Kier alpha value is -2.11. The third kappa shape index (κ3) is 3.01. The second-order valence-electron chi connectivity index (χ2n) is 4.03. The third-order valence-corrected chi connectivity index (χ3v) is 2.79. The number of halogens is 1. The zero-order valence-electron chi connectivity index (χ0n) is 10.3. The minimum absolute atomic E-state index is 0. The summed E-state index contributed by atoms with van der Waals surface area (Å²) in [5.74, 6) is 6.42. The average molecular weight is 310 g/mol. The van der Waals surface area contributed by atoms with Gasteiger partial charge < -0.3 is 17.0 Å². The van der Waals surface area contributed by atoms with E-state index in [0.29, 0.717) is 0 Å². The Morgan fingerprint density at radius 2 is 1.42 bits per heavy atom. The van der Waals surface area contributed by atoms with Crippen molar-refractivity contribution < 1.29 is 21.4 Å². The van der Waals surface area contributed by atoms with E-state index in [1.165, 1.54) is 0 Å². The lowest BCUT2D eigenvalue weighted by Crippen LogP contribution is -3.00. The van der Waals surface area contributed by atoms with E-state index < -0.39 is 0 Å². The number of hydrogen-bond donors (Lipinski definition) is 0. The number of aromatic nitrogens is 1. The number of pyridine rings is 2. The molecule has 0 saturated heterocycles. The lowest BCUT2D eigenvalue weighted by Gasteiger charge is -1.92. The quantitative estimate of drug-likeness (QED) is 0.401. The van der Waals surface area contributed by atoms with Gasteiger partial charge in [0.15, 0.2) is 12.4 Å². The fourth-order valence-electron chi connectivity index (χ4n) is 1.90. The van der Waals surface area contributed by atoms with Crippen LogP contribution in [0.2, 0.25) is 0 Å². The largest absolute Gasteiger partial charge is 1.00 e. The number of nitrogens with zero attached hydrogens (tertiary/aromatic N) is 1. The summed E-state index contributed by atoms with van der Waals surface area (Å²) >= 11 is 0. The van der Waals surface area contributed by atoms with Crippen LogP contribution in [0.15, 0.2) is 73.1 Å². The molecule has 0 bridgehead atoms. The van der Waals surface area contributed by atoms with Gasteiger partial charge in [-0.2, -0.15) is 4.40 Å². The molecule has 0 saturated carbocycles. The van der Waals surface area contributed by atoms with Crippen LogP contribution in [0.25, 0.3) is 5.52 Å². The Labute approximate surface area is 123 Å². The van der Waals surface area contributed by atoms with Crippen LogP contribution in [-0.4, -0.2) is 0 Å². The van der Waals surface area contributed by atoms with Gasteiger partial charge in [0.2, 0.25) is 5.52 Å². The highest BCUT2D eigenvalue weighted by Crippen LogP contribution is 2.04. The van der Waals surface area contributed by atoms with Crippen molar-refractivity contribution in [3.8, 4) is 11.8 Å². The number of hydrogen-bond acceptors (Lipinski definition) is 0. The second-order valence-corrected chi connectivity index (χ2v) is 4.03. The fourth-order valence-corrected chi connectivity index (χ4v) is 1.90. The van der Waals surface area contributed by atoms with E-state index in [2.05, 4.69) is 22.3 Å². The summed E-state index contributed by atoms with van der Waals surface area (Å²) in [6.45, 7) is 0. The highest BCUT2D eigenvalue weighted by atomic mass is 79.9. The summed E-state index contributed by atoms with van der Waals surface area (Å²) in [6, 6.07) is 20.2. The molecule has 0 spiro atoms. The van der Waals surface area contributed by atoms with Crippen LogP contribution in [0.1, 0.15) is 11.1 Å². The standard InChI is InChI=1S/C17H12N.BrH/c1-2-7-15(8-3-1)11-12-16-9-6-14-18-13-5-4-10-17(16)18;/h1-10,13-14H;1H/q+1;/p-1. The molecule has 3 aromatic rings. The molecule has 0 unspecified atom stereocenters. The van der Waals surface area contributed by atoms with E-state index in [-0.39, 0.29) is 17.0 Å². The topological polar surface area (TPSA) is 4.10 Å². The van der Waals surface area contributed by atoms with Gasteiger partial charge in [0, 0.05) is 23.8 Å². The molecule has 0 atom stereocenters. The molecule has 1 nitrogen and oxygen atoms in total. The lowest BCUT2D eigenvalue weighted by molar-refractivity contribution is -0.512. The molecule has 92 valence electrons. The normalized spacial score (nSPS) is 9.26. The predicted molar refractivity (Wildman–Crippen MR) is 72.0 cm³/mol. The lowest BCUT2D eigenvalue weighted by atomic mass is 10.1. The zero-order valence-corrected chi connectivity index (χ0v) is 11.8. The molecule has 2 heteroatoms. The van der Waals surface area contributed by atoms with Crippen molar-refractivity contribution in [2.75, 3.05) is 0 Å². The summed E-state index contributed by atoms with van der Waals surface area (Å²) < 4.78 is 2.08. The molecule has 0 aliphatic rings. The summed E-state index contributed by atoms with van der Waals surface area (Å²) in [5.41, 5.74) is 3.21. The van der Waals surface area contributed by atoms with Crippen LogP contribution in [0.5, 0.6) is 0 Å². The summed E-state index contributed by atoms with van der Waals surface area (Å²) in [5, 5.41) is 0. The van der Waals surface area contributed by atoms with E-state index in [4.69, 9.17) is 0 Å². The van der Waals surface area contributed by atoms with E-state index in [9.17, 15) is 0 Å². The first-order chi connectivity index (χ1) is 8.93. The van der Waals surface area contributed by atoms with Crippen LogP contribution in [0, 0.1) is 11.8 Å². The van der Waals surface area contributed by atoms with Gasteiger partial charge in [0.25, 0.3) is 0 Å². The van der Waals surface area contributed by atoms with Gasteiger partial charge in [-0.25, -0.2) is 0 Å². The van der Waals surface area contributed by atoms with E-state index in [0.717, 1.165) is 16.6 Å². The summed E-state index contributed by atoms with van der Waals surface area (Å²) in [7, 11) is 0. The SMILES string of the molecule is C(#Cc1ccc[n+]2ccccc12)c1ccccc1.[Br-]. The van der Waals surface area contributed by atoms with Crippen LogP contribution >= 0.6 is 0 Å². The van der Waals surface area contributed by atoms with Crippen LogP contribution in [0.4, 0.5) is 0 Å². The van der Waals surface area contributed by atoms with Crippen LogP contribution in [0.3, 0.4) is 0 Å². The van der Waals surface area contributed by atoms with Gasteiger partial charge in [-0.15, -0.1) is 0 Å². The molecule has 0 radical (unpaired) electrons. The minimum Gasteiger partial charge on any atom is -1.00 e. The van der Waals surface area contributed by atoms with Crippen molar-refractivity contribution in [3.63, 3.8) is 0 Å². The highest BCUT2D eigenvalue weighted by molar-refractivity contribution is 5.58. The molecule has 1 aromatic carbocycles. The van der Waals surface area contributed by atoms with Gasteiger partial charge in [-0.05, 0) is 24.3 Å². The van der Waals surface area contributed by atoms with Gasteiger partial charge in [0.05, 0.1) is 5.56 Å². The first kappa shape index (κ1) is 13.3. The predicted octanol–water partition coefficient (Wildman–Crippen LogP) is -0.171. The highest BCUT2D eigenvalue weighted by Gasteiger charge is 2.03. The molecule has 0 amide bonds. The average Bonchev–Trinajstić information content (AvgIpc) is 2.46. The summed E-state index contributed by atoms with van der Waals surface area (Å²) in [6.07, 6.45) is 4.06. The molecule has 0 aliphatic heterocycles. The van der Waals surface area contributed by atoms with Gasteiger partial charge in [-0.3, -0.25) is 0 Å². The molecule has 0 fully saturated rings. The number of benzene rings is 1. The maximum atomic E-state index is 3.23. The summed E-state index contributed by atoms with van der Waals surface area (Å²) in [4.78, 5) is 0. The van der Waals surface area contributed by atoms with Crippen molar-refractivity contribution in [2.45, 2.75) is 0 Å². The molecule has 0 aliphatic carbocycles. The molecule has 0 N–H and O–H groups in total. The van der Waals surface area contributed by atoms with Crippen LogP contribution in [-0.2, 0) is 0 Å². The smallest absolute Gasteiger partial charge is 0.226 e. The molecular weight excluding hydrogens is 298 g/mol. The number of rotatable bonds is 0.